The van der Waals surface area contributed by atoms with Crippen molar-refractivity contribution in [1.82, 2.24) is 0 Å². The number of rotatable bonds is 2. The first-order chi connectivity index (χ1) is 12.6. The lowest BCUT2D eigenvalue weighted by molar-refractivity contribution is -0.137. The van der Waals surface area contributed by atoms with Crippen LogP contribution in [0.1, 0.15) is 11.1 Å². The zero-order chi connectivity index (χ0) is 19.9. The van der Waals surface area contributed by atoms with E-state index in [1.807, 2.05) is 0 Å². The van der Waals surface area contributed by atoms with Crippen LogP contribution in [-0.2, 0) is 11.0 Å². The van der Waals surface area contributed by atoms with Gasteiger partial charge < -0.3 is 10.2 Å². The molecule has 1 fully saturated rings. The third-order valence-corrected chi connectivity index (χ3v) is 5.50. The molecule has 3 rings (SSSR count). The number of hydrogen-bond acceptors (Lipinski definition) is 5. The summed E-state index contributed by atoms with van der Waals surface area (Å²) >= 11 is 9.15. The molecule has 2 aromatic rings. The molecular weight excluding hydrogens is 467 g/mol. The van der Waals surface area contributed by atoms with Crippen molar-refractivity contribution in [2.75, 3.05) is 4.90 Å². The summed E-state index contributed by atoms with van der Waals surface area (Å²) in [6.45, 7) is 0. The number of thiocarbonyl (C=S) groups is 1. The molecule has 140 valence electrons. The first-order valence-corrected chi connectivity index (χ1v) is 9.26. The molecule has 0 spiro atoms. The minimum Gasteiger partial charge on any atom is -0.504 e. The molecule has 0 saturated carbocycles. The zero-order valence-corrected chi connectivity index (χ0v) is 16.3. The van der Waals surface area contributed by atoms with Gasteiger partial charge in [-0.2, -0.15) is 13.2 Å². The van der Waals surface area contributed by atoms with Crippen LogP contribution in [0.4, 0.5) is 18.9 Å². The normalized spacial score (nSPS) is 16.4. The third-order valence-electron chi connectivity index (χ3n) is 3.59. The van der Waals surface area contributed by atoms with Gasteiger partial charge >= 0.3 is 6.18 Å². The number of aromatic hydroxyl groups is 2. The van der Waals surface area contributed by atoms with Crippen molar-refractivity contribution in [3.8, 4) is 11.5 Å². The Bertz CT molecular complexity index is 969. The van der Waals surface area contributed by atoms with E-state index < -0.39 is 17.6 Å². The quantitative estimate of drug-likeness (QED) is 0.351. The lowest BCUT2D eigenvalue weighted by Gasteiger charge is -2.16. The van der Waals surface area contributed by atoms with Gasteiger partial charge in [0, 0.05) is 0 Å². The van der Waals surface area contributed by atoms with Gasteiger partial charge in [0.2, 0.25) is 0 Å². The van der Waals surface area contributed by atoms with Crippen molar-refractivity contribution >= 4 is 61.9 Å². The van der Waals surface area contributed by atoms with Crippen LogP contribution in [0.25, 0.3) is 6.08 Å². The second kappa shape index (κ2) is 7.17. The Balaban J connectivity index is 1.97. The molecular formula is C17H9BrF3NO3S2. The fourth-order valence-electron chi connectivity index (χ4n) is 2.35. The van der Waals surface area contributed by atoms with Crippen molar-refractivity contribution in [3.05, 3.63) is 56.9 Å². The molecule has 1 amide bonds. The van der Waals surface area contributed by atoms with Gasteiger partial charge in [0.05, 0.1) is 20.6 Å². The third kappa shape index (κ3) is 3.97. The molecule has 27 heavy (non-hydrogen) atoms. The van der Waals surface area contributed by atoms with Gasteiger partial charge in [-0.05, 0) is 57.9 Å². The van der Waals surface area contributed by atoms with Crippen LogP contribution >= 0.6 is 39.9 Å². The predicted octanol–water partition coefficient (Wildman–Crippen LogP) is 5.28. The molecule has 10 heteroatoms. The lowest BCUT2D eigenvalue weighted by atomic mass is 10.1. The van der Waals surface area contributed by atoms with Crippen LogP contribution in [0.5, 0.6) is 11.5 Å². The Morgan fingerprint density at radius 2 is 1.89 bits per heavy atom. The monoisotopic (exact) mass is 475 g/mol. The maximum atomic E-state index is 12.9. The summed E-state index contributed by atoms with van der Waals surface area (Å²) in [4.78, 5) is 13.9. The van der Waals surface area contributed by atoms with Gasteiger partial charge in [-0.15, -0.1) is 0 Å². The number of hydrogen-bond donors (Lipinski definition) is 2. The summed E-state index contributed by atoms with van der Waals surface area (Å²) in [6, 6.07) is 7.06. The van der Waals surface area contributed by atoms with Gasteiger partial charge in [-0.25, -0.2) is 0 Å². The van der Waals surface area contributed by atoms with E-state index in [1.165, 1.54) is 30.3 Å². The summed E-state index contributed by atoms with van der Waals surface area (Å²) in [5.41, 5.74) is -0.461. The molecule has 0 radical (unpaired) electrons. The second-order valence-electron chi connectivity index (χ2n) is 5.44. The highest BCUT2D eigenvalue weighted by Crippen LogP contribution is 2.40. The number of amides is 1. The highest BCUT2D eigenvalue weighted by molar-refractivity contribution is 9.10. The molecule has 0 aromatic heterocycles. The molecule has 2 N–H and O–H groups in total. The fraction of sp³-hybridized carbons (Fsp3) is 0.0588. The standard InChI is InChI=1S/C17H9BrF3NO3S2/c18-11-4-8(5-12(23)14(11)24)6-13-15(25)22(16(26)27-13)10-3-1-2-9(7-10)17(19,20)21/h1-7,23-24H/b13-6-. The Hall–Kier alpha value is -2.04. The smallest absolute Gasteiger partial charge is 0.416 e. The number of carbonyl (C=O) groups is 1. The summed E-state index contributed by atoms with van der Waals surface area (Å²) in [5, 5.41) is 19.2. The largest absolute Gasteiger partial charge is 0.504 e. The van der Waals surface area contributed by atoms with Crippen LogP contribution in [0.3, 0.4) is 0 Å². The van der Waals surface area contributed by atoms with E-state index in [9.17, 15) is 28.2 Å². The Morgan fingerprint density at radius 3 is 2.52 bits per heavy atom. The minimum absolute atomic E-state index is 0.0189. The van der Waals surface area contributed by atoms with Gasteiger partial charge in [-0.3, -0.25) is 9.69 Å². The zero-order valence-electron chi connectivity index (χ0n) is 13.1. The maximum Gasteiger partial charge on any atom is 0.416 e. The van der Waals surface area contributed by atoms with E-state index in [0.29, 0.717) is 5.56 Å². The van der Waals surface area contributed by atoms with Gasteiger partial charge in [0.1, 0.15) is 0 Å². The molecule has 1 saturated heterocycles. The van der Waals surface area contributed by atoms with E-state index in [2.05, 4.69) is 15.9 Å². The highest BCUT2D eigenvalue weighted by atomic mass is 79.9. The van der Waals surface area contributed by atoms with Crippen LogP contribution in [0.2, 0.25) is 0 Å². The minimum atomic E-state index is -4.54. The van der Waals surface area contributed by atoms with Crippen molar-refractivity contribution < 1.29 is 28.2 Å². The number of nitrogens with zero attached hydrogens (tertiary/aromatic N) is 1. The number of phenols is 2. The van der Waals surface area contributed by atoms with Crippen molar-refractivity contribution in [2.45, 2.75) is 6.18 Å². The van der Waals surface area contributed by atoms with Crippen LogP contribution in [0, 0.1) is 0 Å². The van der Waals surface area contributed by atoms with Crippen molar-refractivity contribution in [1.29, 1.82) is 0 Å². The maximum absolute atomic E-state index is 12.9. The number of phenolic OH excluding ortho intramolecular Hbond substituents is 2. The van der Waals surface area contributed by atoms with Crippen LogP contribution < -0.4 is 4.90 Å². The average Bonchev–Trinajstić information content (AvgIpc) is 2.85. The predicted molar refractivity (Wildman–Crippen MR) is 105 cm³/mol. The molecule has 0 unspecified atom stereocenters. The van der Waals surface area contributed by atoms with E-state index in [1.54, 1.807) is 0 Å². The van der Waals surface area contributed by atoms with E-state index in [0.717, 1.165) is 28.8 Å². The average molecular weight is 476 g/mol. The number of anilines is 1. The Labute approximate surface area is 169 Å². The SMILES string of the molecule is O=C1/C(=C/c2cc(O)c(O)c(Br)c2)SC(=S)N1c1cccc(C(F)(F)F)c1. The molecule has 0 aliphatic carbocycles. The van der Waals surface area contributed by atoms with Gasteiger partial charge in [-0.1, -0.05) is 30.0 Å². The van der Waals surface area contributed by atoms with Crippen molar-refractivity contribution in [2.24, 2.45) is 0 Å². The molecule has 1 aliphatic heterocycles. The summed E-state index contributed by atoms with van der Waals surface area (Å²) < 4.78 is 39.1. The molecule has 0 atom stereocenters. The van der Waals surface area contributed by atoms with Crippen LogP contribution in [-0.4, -0.2) is 20.4 Å². The Morgan fingerprint density at radius 1 is 1.19 bits per heavy atom. The van der Waals surface area contributed by atoms with E-state index in [4.69, 9.17) is 12.2 Å². The van der Waals surface area contributed by atoms with E-state index >= 15 is 0 Å². The number of halogens is 4. The summed E-state index contributed by atoms with van der Waals surface area (Å²) in [6.07, 6.45) is -3.11. The molecule has 4 nitrogen and oxygen atoms in total. The fourth-order valence-corrected chi connectivity index (χ4v) is 4.12. The first kappa shape index (κ1) is 19.7. The van der Waals surface area contributed by atoms with E-state index in [-0.39, 0.29) is 30.9 Å². The van der Waals surface area contributed by atoms with Gasteiger partial charge in [0.25, 0.3) is 5.91 Å². The molecule has 0 bridgehead atoms. The Kier molecular flexibility index (Phi) is 5.24. The number of thioether (sulfide) groups is 1. The number of benzene rings is 2. The van der Waals surface area contributed by atoms with Crippen LogP contribution in [0.15, 0.2) is 45.8 Å². The summed E-state index contributed by atoms with van der Waals surface area (Å²) in [5.74, 6) is -1.30. The number of alkyl halides is 3. The highest BCUT2D eigenvalue weighted by Gasteiger charge is 2.36. The lowest BCUT2D eigenvalue weighted by Crippen LogP contribution is -2.27. The molecule has 1 heterocycles. The number of carbonyl (C=O) groups excluding carboxylic acids is 1. The topological polar surface area (TPSA) is 60.8 Å². The molecule has 1 aliphatic rings. The first-order valence-electron chi connectivity index (χ1n) is 7.24. The van der Waals surface area contributed by atoms with Crippen molar-refractivity contribution in [3.63, 3.8) is 0 Å². The summed E-state index contributed by atoms with van der Waals surface area (Å²) in [7, 11) is 0. The van der Waals surface area contributed by atoms with Gasteiger partial charge in [0.15, 0.2) is 15.8 Å². The second-order valence-corrected chi connectivity index (χ2v) is 7.97. The molecule has 2 aromatic carbocycles.